The number of alkyl halides is 3. The molecule has 0 radical (unpaired) electrons. The Hall–Kier alpha value is -2.65. The van der Waals surface area contributed by atoms with E-state index in [2.05, 4.69) is 25.8 Å². The van der Waals surface area contributed by atoms with Crippen molar-refractivity contribution in [3.8, 4) is 0 Å². The number of anilines is 1. The van der Waals surface area contributed by atoms with Crippen molar-refractivity contribution < 1.29 is 21.6 Å². The third-order valence-corrected chi connectivity index (χ3v) is 8.88. The van der Waals surface area contributed by atoms with Crippen LogP contribution in [0.1, 0.15) is 44.0 Å². The molecule has 9 heteroatoms. The minimum absolute atomic E-state index is 0.0468. The van der Waals surface area contributed by atoms with Gasteiger partial charge >= 0.3 is 6.18 Å². The van der Waals surface area contributed by atoms with Gasteiger partial charge in [-0.25, -0.2) is 13.4 Å². The molecule has 0 aliphatic carbocycles. The Morgan fingerprint density at radius 3 is 2.14 bits per heavy atom. The van der Waals surface area contributed by atoms with E-state index in [0.29, 0.717) is 11.1 Å². The molecule has 0 N–H and O–H groups in total. The average Bonchev–Trinajstić information content (AvgIpc) is 2.83. The van der Waals surface area contributed by atoms with Gasteiger partial charge in [-0.1, -0.05) is 44.5 Å². The van der Waals surface area contributed by atoms with E-state index in [1.807, 2.05) is 30.0 Å². The van der Waals surface area contributed by atoms with Crippen LogP contribution in [0.5, 0.6) is 0 Å². The molecule has 35 heavy (non-hydrogen) atoms. The number of pyridine rings is 1. The van der Waals surface area contributed by atoms with E-state index in [4.69, 9.17) is 0 Å². The zero-order valence-corrected chi connectivity index (χ0v) is 21.2. The maximum atomic E-state index is 13.5. The quantitative estimate of drug-likeness (QED) is 0.442. The van der Waals surface area contributed by atoms with Crippen LogP contribution in [-0.4, -0.2) is 43.9 Å². The van der Waals surface area contributed by atoms with Crippen LogP contribution in [0.3, 0.4) is 0 Å². The minimum atomic E-state index is -4.57. The SMILES string of the molecule is CCC(C)(C)c1ccc(S(=O)(=O)N2CCN(c3cc(C(F)(F)F)nc4ccc(C)cc34)CC2)cc1. The van der Waals surface area contributed by atoms with Crippen molar-refractivity contribution in [3.05, 3.63) is 65.4 Å². The van der Waals surface area contributed by atoms with Gasteiger partial charge in [-0.3, -0.25) is 0 Å². The molecule has 2 heterocycles. The molecular weight excluding hydrogens is 475 g/mol. The predicted molar refractivity (Wildman–Crippen MR) is 132 cm³/mol. The lowest BCUT2D eigenvalue weighted by Gasteiger charge is -2.36. The molecule has 0 saturated carbocycles. The Bertz CT molecular complexity index is 1330. The number of fused-ring (bicyclic) bond motifs is 1. The lowest BCUT2D eigenvalue weighted by Crippen LogP contribution is -2.48. The highest BCUT2D eigenvalue weighted by Gasteiger charge is 2.35. The highest BCUT2D eigenvalue weighted by molar-refractivity contribution is 7.89. The molecule has 0 atom stereocenters. The van der Waals surface area contributed by atoms with Gasteiger partial charge in [0.2, 0.25) is 10.0 Å². The fourth-order valence-electron chi connectivity index (χ4n) is 4.33. The molecule has 0 unspecified atom stereocenters. The van der Waals surface area contributed by atoms with Crippen molar-refractivity contribution in [1.82, 2.24) is 9.29 Å². The summed E-state index contributed by atoms with van der Waals surface area (Å²) in [4.78, 5) is 5.85. The lowest BCUT2D eigenvalue weighted by molar-refractivity contribution is -0.140. The van der Waals surface area contributed by atoms with Crippen LogP contribution in [0.4, 0.5) is 18.9 Å². The van der Waals surface area contributed by atoms with Gasteiger partial charge in [0, 0.05) is 37.3 Å². The second-order valence-electron chi connectivity index (χ2n) is 9.70. The van der Waals surface area contributed by atoms with E-state index < -0.39 is 21.9 Å². The number of sulfonamides is 1. The zero-order chi connectivity index (χ0) is 25.6. The summed E-state index contributed by atoms with van der Waals surface area (Å²) in [7, 11) is -3.70. The minimum Gasteiger partial charge on any atom is -0.368 e. The summed E-state index contributed by atoms with van der Waals surface area (Å²) in [5.41, 5.74) is 1.68. The second kappa shape index (κ2) is 9.09. The molecule has 0 spiro atoms. The molecule has 1 aliphatic rings. The first-order chi connectivity index (χ1) is 16.3. The van der Waals surface area contributed by atoms with E-state index in [9.17, 15) is 21.6 Å². The van der Waals surface area contributed by atoms with Crippen LogP contribution in [0.25, 0.3) is 10.9 Å². The predicted octanol–water partition coefficient (Wildman–Crippen LogP) is 5.76. The molecule has 2 aromatic carbocycles. The van der Waals surface area contributed by atoms with Crippen LogP contribution in [-0.2, 0) is 21.6 Å². The Balaban J connectivity index is 1.58. The van der Waals surface area contributed by atoms with E-state index in [1.165, 1.54) is 4.31 Å². The van der Waals surface area contributed by atoms with Gasteiger partial charge in [0.15, 0.2) is 0 Å². The number of benzene rings is 2. The van der Waals surface area contributed by atoms with Gasteiger partial charge in [-0.2, -0.15) is 17.5 Å². The fraction of sp³-hybridized carbons (Fsp3) is 0.423. The third kappa shape index (κ3) is 5.02. The molecule has 0 amide bonds. The first-order valence-corrected chi connectivity index (χ1v) is 13.1. The van der Waals surface area contributed by atoms with Crippen LogP contribution in [0.15, 0.2) is 53.4 Å². The van der Waals surface area contributed by atoms with Crippen molar-refractivity contribution in [1.29, 1.82) is 0 Å². The van der Waals surface area contributed by atoms with Gasteiger partial charge in [0.1, 0.15) is 5.69 Å². The third-order valence-electron chi connectivity index (χ3n) is 6.97. The van der Waals surface area contributed by atoms with Crippen molar-refractivity contribution in [2.75, 3.05) is 31.1 Å². The largest absolute Gasteiger partial charge is 0.433 e. The Morgan fingerprint density at radius 2 is 1.57 bits per heavy atom. The molecule has 5 nitrogen and oxygen atoms in total. The van der Waals surface area contributed by atoms with Crippen molar-refractivity contribution in [3.63, 3.8) is 0 Å². The van der Waals surface area contributed by atoms with Gasteiger partial charge in [-0.05, 0) is 54.7 Å². The zero-order valence-electron chi connectivity index (χ0n) is 20.4. The van der Waals surface area contributed by atoms with Gasteiger partial charge in [0.25, 0.3) is 0 Å². The maximum absolute atomic E-state index is 13.5. The van der Waals surface area contributed by atoms with E-state index in [0.717, 1.165) is 23.6 Å². The first-order valence-electron chi connectivity index (χ1n) is 11.7. The van der Waals surface area contributed by atoms with E-state index >= 15 is 0 Å². The summed E-state index contributed by atoms with van der Waals surface area (Å²) >= 11 is 0. The topological polar surface area (TPSA) is 53.5 Å². The van der Waals surface area contributed by atoms with Gasteiger partial charge in [-0.15, -0.1) is 0 Å². The summed E-state index contributed by atoms with van der Waals surface area (Å²) in [5.74, 6) is 0. The molecule has 1 saturated heterocycles. The first kappa shape index (κ1) is 25.4. The summed E-state index contributed by atoms with van der Waals surface area (Å²) in [6.07, 6.45) is -3.64. The standard InChI is InChI=1S/C26H30F3N3O2S/c1-5-25(3,4)19-7-9-20(10-8-19)35(33,34)32-14-12-31(13-15-32)23-17-24(26(27,28)29)30-22-11-6-18(2)16-21(22)23/h6-11,16-17H,5,12-15H2,1-4H3. The number of aryl methyl sites for hydroxylation is 1. The van der Waals surface area contributed by atoms with Crippen LogP contribution < -0.4 is 4.90 Å². The Kier molecular flexibility index (Phi) is 6.61. The van der Waals surface area contributed by atoms with Crippen LogP contribution in [0, 0.1) is 6.92 Å². The van der Waals surface area contributed by atoms with E-state index in [-0.39, 0.29) is 42.0 Å². The smallest absolute Gasteiger partial charge is 0.368 e. The van der Waals surface area contributed by atoms with Crippen molar-refractivity contribution in [2.45, 2.75) is 50.6 Å². The van der Waals surface area contributed by atoms with Gasteiger partial charge in [0.05, 0.1) is 10.4 Å². The van der Waals surface area contributed by atoms with E-state index in [1.54, 1.807) is 24.3 Å². The molecule has 188 valence electrons. The van der Waals surface area contributed by atoms with Crippen molar-refractivity contribution in [2.24, 2.45) is 0 Å². The van der Waals surface area contributed by atoms with Gasteiger partial charge < -0.3 is 4.90 Å². The summed E-state index contributed by atoms with van der Waals surface area (Å²) in [6.45, 7) is 9.12. The van der Waals surface area contributed by atoms with Crippen molar-refractivity contribution >= 4 is 26.6 Å². The maximum Gasteiger partial charge on any atom is 0.433 e. The highest BCUT2D eigenvalue weighted by Crippen LogP contribution is 2.36. The number of halogens is 3. The van der Waals surface area contributed by atoms with Crippen LogP contribution in [0.2, 0.25) is 0 Å². The lowest BCUT2D eigenvalue weighted by atomic mass is 9.82. The summed E-state index contributed by atoms with van der Waals surface area (Å²) in [5, 5.41) is 0.628. The number of aromatic nitrogens is 1. The molecule has 1 aromatic heterocycles. The molecule has 1 aliphatic heterocycles. The number of hydrogen-bond donors (Lipinski definition) is 0. The number of hydrogen-bond acceptors (Lipinski definition) is 4. The molecule has 4 rings (SSSR count). The number of nitrogens with zero attached hydrogens (tertiary/aromatic N) is 3. The molecular formula is C26H30F3N3O2S. The highest BCUT2D eigenvalue weighted by atomic mass is 32.2. The monoisotopic (exact) mass is 505 g/mol. The average molecular weight is 506 g/mol. The molecule has 3 aromatic rings. The summed E-state index contributed by atoms with van der Waals surface area (Å²) < 4.78 is 68.4. The van der Waals surface area contributed by atoms with Crippen LogP contribution >= 0.6 is 0 Å². The normalized spacial score (nSPS) is 16.1. The number of rotatable bonds is 5. The fourth-order valence-corrected chi connectivity index (χ4v) is 5.75. The number of piperazine rings is 1. The molecule has 1 fully saturated rings. The molecule has 0 bridgehead atoms. The summed E-state index contributed by atoms with van der Waals surface area (Å²) in [6, 6.07) is 13.2. The Morgan fingerprint density at radius 1 is 0.943 bits per heavy atom. The second-order valence-corrected chi connectivity index (χ2v) is 11.6. The Labute approximate surface area is 204 Å².